The highest BCUT2D eigenvalue weighted by atomic mass is 16.5. The smallest absolute Gasteiger partial charge is 0.312 e. The average Bonchev–Trinajstić information content (AvgIpc) is 2.55. The van der Waals surface area contributed by atoms with Crippen molar-refractivity contribution in [3.63, 3.8) is 0 Å². The van der Waals surface area contributed by atoms with Crippen LogP contribution in [-0.4, -0.2) is 26.4 Å². The van der Waals surface area contributed by atoms with Crippen molar-refractivity contribution in [1.82, 2.24) is 5.32 Å². The molecule has 0 atom stereocenters. The molecule has 2 aromatic carbocycles. The van der Waals surface area contributed by atoms with Crippen molar-refractivity contribution in [2.75, 3.05) is 20.3 Å². The summed E-state index contributed by atoms with van der Waals surface area (Å²) in [5.74, 6) is 0.819. The average molecular weight is 328 g/mol. The first-order valence-corrected chi connectivity index (χ1v) is 7.83. The maximum absolute atomic E-state index is 11.1. The fourth-order valence-electron chi connectivity index (χ4n) is 2.45. The zero-order chi connectivity index (χ0) is 17.6. The predicted octanol–water partition coefficient (Wildman–Crippen LogP) is 3.28. The van der Waals surface area contributed by atoms with Gasteiger partial charge in [0.05, 0.1) is 12.1 Å². The lowest BCUT2D eigenvalue weighted by atomic mass is 9.92. The number of urea groups is 1. The Balaban J connectivity index is 2.09. The lowest BCUT2D eigenvalue weighted by Crippen LogP contribution is -2.43. The second-order valence-electron chi connectivity index (χ2n) is 6.06. The molecule has 5 nitrogen and oxygen atoms in total. The number of hydrogen-bond acceptors (Lipinski definition) is 3. The molecule has 24 heavy (non-hydrogen) atoms. The number of methoxy groups -OCH3 is 1. The molecule has 5 heteroatoms. The van der Waals surface area contributed by atoms with Gasteiger partial charge >= 0.3 is 6.03 Å². The second kappa shape index (κ2) is 7.84. The van der Waals surface area contributed by atoms with Gasteiger partial charge in [-0.3, -0.25) is 0 Å². The van der Waals surface area contributed by atoms with Gasteiger partial charge in [-0.25, -0.2) is 4.79 Å². The van der Waals surface area contributed by atoms with Crippen molar-refractivity contribution in [2.45, 2.75) is 19.4 Å². The normalized spacial score (nSPS) is 11.1. The van der Waals surface area contributed by atoms with Crippen LogP contribution in [0.1, 0.15) is 19.4 Å². The van der Waals surface area contributed by atoms with E-state index in [1.165, 1.54) is 0 Å². The fraction of sp³-hybridized carbons (Fsp3) is 0.316. The van der Waals surface area contributed by atoms with E-state index in [-0.39, 0.29) is 0 Å². The molecular formula is C19H24N2O3. The molecule has 0 unspecified atom stereocenters. The second-order valence-corrected chi connectivity index (χ2v) is 6.06. The minimum atomic E-state index is -0.534. The Kier molecular flexibility index (Phi) is 5.82. The molecule has 0 aliphatic heterocycles. The van der Waals surface area contributed by atoms with E-state index in [0.29, 0.717) is 13.2 Å². The standard InChI is InChI=1S/C19H24N2O3/c1-19(2,21-18(20)22)16-8-4-14(5-9-16)15-6-10-17(11-7-15)24-13-12-23-3/h4-11H,12-13H2,1-3H3,(H3,20,21,22). The van der Waals surface area contributed by atoms with E-state index in [0.717, 1.165) is 22.4 Å². The van der Waals surface area contributed by atoms with Gasteiger partial charge in [0.1, 0.15) is 12.4 Å². The Hall–Kier alpha value is -2.53. The van der Waals surface area contributed by atoms with Crippen LogP contribution in [0.2, 0.25) is 0 Å². The van der Waals surface area contributed by atoms with Gasteiger partial charge in [-0.15, -0.1) is 0 Å². The Bertz CT molecular complexity index is 664. The summed E-state index contributed by atoms with van der Waals surface area (Å²) in [6, 6.07) is 15.4. The van der Waals surface area contributed by atoms with Crippen molar-refractivity contribution in [2.24, 2.45) is 5.73 Å². The number of hydrogen-bond donors (Lipinski definition) is 2. The molecule has 0 radical (unpaired) electrons. The van der Waals surface area contributed by atoms with Gasteiger partial charge in [0.15, 0.2) is 0 Å². The van der Waals surface area contributed by atoms with Crippen LogP contribution in [0, 0.1) is 0 Å². The number of rotatable bonds is 7. The molecule has 0 aliphatic carbocycles. The van der Waals surface area contributed by atoms with E-state index in [9.17, 15) is 4.79 Å². The third kappa shape index (κ3) is 4.73. The Morgan fingerprint density at radius 3 is 2.04 bits per heavy atom. The van der Waals surface area contributed by atoms with Gasteiger partial charge in [-0.1, -0.05) is 36.4 Å². The first kappa shape index (κ1) is 17.8. The quantitative estimate of drug-likeness (QED) is 0.766. The number of nitrogens with one attached hydrogen (secondary N) is 1. The molecule has 0 heterocycles. The van der Waals surface area contributed by atoms with Crippen molar-refractivity contribution in [3.8, 4) is 16.9 Å². The van der Waals surface area contributed by atoms with Gasteiger partial charge in [0.2, 0.25) is 0 Å². The predicted molar refractivity (Wildman–Crippen MR) is 95.0 cm³/mol. The maximum Gasteiger partial charge on any atom is 0.312 e. The van der Waals surface area contributed by atoms with Crippen LogP contribution >= 0.6 is 0 Å². The van der Waals surface area contributed by atoms with E-state index in [1.807, 2.05) is 62.4 Å². The summed E-state index contributed by atoms with van der Waals surface area (Å²) in [5.41, 5.74) is 7.90. The zero-order valence-electron chi connectivity index (χ0n) is 14.3. The summed E-state index contributed by atoms with van der Waals surface area (Å²) in [7, 11) is 1.65. The van der Waals surface area contributed by atoms with E-state index in [4.69, 9.17) is 15.2 Å². The molecule has 2 aromatic rings. The minimum absolute atomic E-state index is 0.511. The summed E-state index contributed by atoms with van der Waals surface area (Å²) in [6.07, 6.45) is 0. The molecule has 0 aromatic heterocycles. The number of carbonyl (C=O) groups is 1. The Morgan fingerprint density at radius 1 is 1.00 bits per heavy atom. The molecule has 0 saturated heterocycles. The van der Waals surface area contributed by atoms with Crippen molar-refractivity contribution < 1.29 is 14.3 Å². The number of amides is 2. The topological polar surface area (TPSA) is 73.6 Å². The summed E-state index contributed by atoms with van der Waals surface area (Å²) >= 11 is 0. The zero-order valence-corrected chi connectivity index (χ0v) is 14.3. The Morgan fingerprint density at radius 2 is 1.54 bits per heavy atom. The van der Waals surface area contributed by atoms with Gasteiger partial charge in [-0.05, 0) is 42.7 Å². The first-order chi connectivity index (χ1) is 11.4. The molecule has 3 N–H and O–H groups in total. The highest BCUT2D eigenvalue weighted by Gasteiger charge is 2.21. The van der Waals surface area contributed by atoms with E-state index in [1.54, 1.807) is 7.11 Å². The van der Waals surface area contributed by atoms with Crippen LogP contribution in [0.5, 0.6) is 5.75 Å². The number of nitrogens with two attached hydrogens (primary N) is 1. The van der Waals surface area contributed by atoms with Crippen molar-refractivity contribution in [3.05, 3.63) is 54.1 Å². The molecule has 0 bridgehead atoms. The van der Waals surface area contributed by atoms with Gasteiger partial charge in [0, 0.05) is 7.11 Å². The number of carbonyl (C=O) groups excluding carboxylic acids is 1. The van der Waals surface area contributed by atoms with Crippen molar-refractivity contribution >= 4 is 6.03 Å². The van der Waals surface area contributed by atoms with Crippen LogP contribution in [0.15, 0.2) is 48.5 Å². The van der Waals surface area contributed by atoms with Gasteiger partial charge < -0.3 is 20.5 Å². The number of ether oxygens (including phenoxy) is 2. The molecule has 0 saturated carbocycles. The fourth-order valence-corrected chi connectivity index (χ4v) is 2.45. The van der Waals surface area contributed by atoms with Crippen molar-refractivity contribution in [1.29, 1.82) is 0 Å². The SMILES string of the molecule is COCCOc1ccc(-c2ccc(C(C)(C)NC(N)=O)cc2)cc1. The molecule has 0 spiro atoms. The molecule has 0 fully saturated rings. The largest absolute Gasteiger partial charge is 0.491 e. The Labute approximate surface area is 142 Å². The van der Waals surface area contributed by atoms with E-state index in [2.05, 4.69) is 5.32 Å². The number of primary amides is 1. The van der Waals surface area contributed by atoms with Gasteiger partial charge in [0.25, 0.3) is 0 Å². The van der Waals surface area contributed by atoms with Gasteiger partial charge in [-0.2, -0.15) is 0 Å². The summed E-state index contributed by atoms with van der Waals surface area (Å²) in [4.78, 5) is 11.1. The lowest BCUT2D eigenvalue weighted by Gasteiger charge is -2.26. The first-order valence-electron chi connectivity index (χ1n) is 7.83. The maximum atomic E-state index is 11.1. The van der Waals surface area contributed by atoms with Crippen LogP contribution in [0.3, 0.4) is 0 Å². The monoisotopic (exact) mass is 328 g/mol. The lowest BCUT2D eigenvalue weighted by molar-refractivity contribution is 0.146. The minimum Gasteiger partial charge on any atom is -0.491 e. The molecule has 2 amide bonds. The summed E-state index contributed by atoms with van der Waals surface area (Å²) in [6.45, 7) is 4.93. The van der Waals surface area contributed by atoms with Crippen LogP contribution < -0.4 is 15.8 Å². The summed E-state index contributed by atoms with van der Waals surface area (Å²) < 4.78 is 10.5. The third-order valence-corrected chi connectivity index (χ3v) is 3.79. The molecule has 2 rings (SSSR count). The van der Waals surface area contributed by atoms with E-state index < -0.39 is 11.6 Å². The highest BCUT2D eigenvalue weighted by molar-refractivity contribution is 5.73. The number of benzene rings is 2. The van der Waals surface area contributed by atoms with Crippen LogP contribution in [0.25, 0.3) is 11.1 Å². The summed E-state index contributed by atoms with van der Waals surface area (Å²) in [5, 5.41) is 2.74. The molecule has 128 valence electrons. The van der Waals surface area contributed by atoms with E-state index >= 15 is 0 Å². The molecule has 0 aliphatic rings. The van der Waals surface area contributed by atoms with Crippen LogP contribution in [0.4, 0.5) is 4.79 Å². The van der Waals surface area contributed by atoms with Crippen LogP contribution in [-0.2, 0) is 10.3 Å². The highest BCUT2D eigenvalue weighted by Crippen LogP contribution is 2.26. The third-order valence-electron chi connectivity index (χ3n) is 3.79. The molecular weight excluding hydrogens is 304 g/mol.